The van der Waals surface area contributed by atoms with E-state index in [1.54, 1.807) is 12.1 Å². The molecule has 0 atom stereocenters. The topological polar surface area (TPSA) is 48.1 Å². The van der Waals surface area contributed by atoms with Gasteiger partial charge in [-0.05, 0) is 43.2 Å². The van der Waals surface area contributed by atoms with Gasteiger partial charge in [0, 0.05) is 11.8 Å². The zero-order valence-corrected chi connectivity index (χ0v) is 10.5. The third kappa shape index (κ3) is 3.11. The van der Waals surface area contributed by atoms with E-state index in [0.29, 0.717) is 16.7 Å². The third-order valence-electron chi connectivity index (χ3n) is 2.21. The van der Waals surface area contributed by atoms with Crippen molar-refractivity contribution < 1.29 is 4.74 Å². The molecule has 2 aromatic rings. The normalized spacial score (nSPS) is 10.3. The lowest BCUT2D eigenvalue weighted by molar-refractivity contribution is 0.462. The molecule has 1 aromatic carbocycles. The van der Waals surface area contributed by atoms with E-state index in [1.807, 2.05) is 26.0 Å². The van der Waals surface area contributed by atoms with E-state index in [1.165, 1.54) is 0 Å². The number of aromatic nitrogens is 1. The molecule has 17 heavy (non-hydrogen) atoms. The Morgan fingerprint density at radius 3 is 2.29 bits per heavy atom. The fourth-order valence-corrected chi connectivity index (χ4v) is 1.87. The number of aryl methyl sites for hydroxylation is 2. The minimum absolute atomic E-state index is 0.323. The lowest BCUT2D eigenvalue weighted by atomic mass is 10.1. The van der Waals surface area contributed by atoms with Crippen LogP contribution in [0.15, 0.2) is 30.3 Å². The Morgan fingerprint density at radius 1 is 1.06 bits per heavy atom. The highest BCUT2D eigenvalue weighted by atomic mass is 35.5. The van der Waals surface area contributed by atoms with Crippen LogP contribution in [0.4, 0.5) is 5.69 Å². The molecule has 2 rings (SSSR count). The van der Waals surface area contributed by atoms with Gasteiger partial charge in [0.2, 0.25) is 5.88 Å². The second-order valence-corrected chi connectivity index (χ2v) is 4.37. The average molecular weight is 249 g/mol. The Bertz CT molecular complexity index is 465. The predicted molar refractivity (Wildman–Crippen MR) is 69.6 cm³/mol. The second-order valence-electron chi connectivity index (χ2n) is 3.99. The summed E-state index contributed by atoms with van der Waals surface area (Å²) in [7, 11) is 0. The molecule has 1 heterocycles. The molecule has 0 aliphatic heterocycles. The van der Waals surface area contributed by atoms with Gasteiger partial charge >= 0.3 is 0 Å². The summed E-state index contributed by atoms with van der Waals surface area (Å²) in [4.78, 5) is 4.05. The van der Waals surface area contributed by atoms with Crippen molar-refractivity contribution in [3.8, 4) is 11.6 Å². The van der Waals surface area contributed by atoms with E-state index >= 15 is 0 Å². The number of nitrogens with zero attached hydrogens (tertiary/aromatic N) is 1. The molecule has 1 aromatic heterocycles. The maximum atomic E-state index is 5.81. The summed E-state index contributed by atoms with van der Waals surface area (Å²) in [5.74, 6) is 1.14. The number of anilines is 1. The average Bonchev–Trinajstić information content (AvgIpc) is 2.13. The largest absolute Gasteiger partial charge is 0.439 e. The Hall–Kier alpha value is -1.74. The summed E-state index contributed by atoms with van der Waals surface area (Å²) in [6, 6.07) is 9.17. The molecule has 0 radical (unpaired) electrons. The van der Waals surface area contributed by atoms with Crippen LogP contribution in [0.1, 0.15) is 11.1 Å². The molecule has 0 unspecified atom stereocenters. The number of nitrogens with two attached hydrogens (primary N) is 1. The highest BCUT2D eigenvalue weighted by Crippen LogP contribution is 2.25. The molecule has 0 saturated carbocycles. The van der Waals surface area contributed by atoms with Crippen LogP contribution in [0.5, 0.6) is 11.6 Å². The van der Waals surface area contributed by atoms with Crippen LogP contribution in [0, 0.1) is 13.8 Å². The van der Waals surface area contributed by atoms with Crippen molar-refractivity contribution in [3.05, 3.63) is 46.6 Å². The summed E-state index contributed by atoms with van der Waals surface area (Å²) in [5, 5.41) is 0.323. The molecule has 2 N–H and O–H groups in total. The molecule has 88 valence electrons. The van der Waals surface area contributed by atoms with E-state index in [9.17, 15) is 0 Å². The summed E-state index contributed by atoms with van der Waals surface area (Å²) in [6.07, 6.45) is 0. The smallest absolute Gasteiger partial charge is 0.222 e. The quantitative estimate of drug-likeness (QED) is 0.824. The highest BCUT2D eigenvalue weighted by molar-refractivity contribution is 6.29. The Kier molecular flexibility index (Phi) is 3.20. The molecule has 3 nitrogen and oxygen atoms in total. The SMILES string of the molecule is Cc1cc(C)cc(Oc2cc(N)cc(Cl)n2)c1. The van der Waals surface area contributed by atoms with Crippen LogP contribution in [0.2, 0.25) is 5.15 Å². The van der Waals surface area contributed by atoms with Crippen LogP contribution in [0.3, 0.4) is 0 Å². The highest BCUT2D eigenvalue weighted by Gasteiger charge is 2.03. The second kappa shape index (κ2) is 4.63. The standard InChI is InChI=1S/C13H13ClN2O/c1-8-3-9(2)5-11(4-8)17-13-7-10(15)6-12(14)16-13/h3-7H,1-2H3,(H2,15,16). The number of ether oxygens (including phenoxy) is 1. The molecule has 4 heteroatoms. The first kappa shape index (κ1) is 11.7. The van der Waals surface area contributed by atoms with E-state index in [2.05, 4.69) is 11.1 Å². The van der Waals surface area contributed by atoms with Gasteiger partial charge in [0.25, 0.3) is 0 Å². The Morgan fingerprint density at radius 2 is 1.71 bits per heavy atom. The van der Waals surface area contributed by atoms with Gasteiger partial charge in [0.05, 0.1) is 0 Å². The minimum atomic E-state index is 0.323. The van der Waals surface area contributed by atoms with Crippen LogP contribution < -0.4 is 10.5 Å². The molecule has 0 amide bonds. The molecule has 0 fully saturated rings. The maximum Gasteiger partial charge on any atom is 0.222 e. The third-order valence-corrected chi connectivity index (χ3v) is 2.40. The van der Waals surface area contributed by atoms with Crippen LogP contribution in [-0.4, -0.2) is 4.98 Å². The van der Waals surface area contributed by atoms with Crippen LogP contribution in [0.25, 0.3) is 0 Å². The zero-order valence-electron chi connectivity index (χ0n) is 9.70. The molecule has 0 spiro atoms. The lowest BCUT2D eigenvalue weighted by Gasteiger charge is -2.07. The molecule has 0 bridgehead atoms. The fourth-order valence-electron chi connectivity index (χ4n) is 1.66. The molecule has 0 saturated heterocycles. The number of hydrogen-bond donors (Lipinski definition) is 1. The summed E-state index contributed by atoms with van der Waals surface area (Å²) >= 11 is 5.81. The van der Waals surface area contributed by atoms with Gasteiger partial charge in [0.1, 0.15) is 10.9 Å². The van der Waals surface area contributed by atoms with E-state index in [0.717, 1.165) is 16.9 Å². The maximum absolute atomic E-state index is 5.81. The van der Waals surface area contributed by atoms with E-state index in [4.69, 9.17) is 22.1 Å². The van der Waals surface area contributed by atoms with Crippen molar-refractivity contribution in [2.24, 2.45) is 0 Å². The Labute approximate surface area is 105 Å². The summed E-state index contributed by atoms with van der Waals surface area (Å²) < 4.78 is 5.63. The monoisotopic (exact) mass is 248 g/mol. The van der Waals surface area contributed by atoms with Crippen molar-refractivity contribution in [1.29, 1.82) is 0 Å². The van der Waals surface area contributed by atoms with Crippen molar-refractivity contribution in [2.75, 3.05) is 5.73 Å². The molecule has 0 aliphatic carbocycles. The number of pyridine rings is 1. The first-order valence-electron chi connectivity index (χ1n) is 5.22. The van der Waals surface area contributed by atoms with Crippen molar-refractivity contribution >= 4 is 17.3 Å². The van der Waals surface area contributed by atoms with Crippen LogP contribution >= 0.6 is 11.6 Å². The number of nitrogen functional groups attached to an aromatic ring is 1. The minimum Gasteiger partial charge on any atom is -0.439 e. The van der Waals surface area contributed by atoms with Crippen LogP contribution in [-0.2, 0) is 0 Å². The zero-order chi connectivity index (χ0) is 12.4. The van der Waals surface area contributed by atoms with Crippen molar-refractivity contribution in [3.63, 3.8) is 0 Å². The van der Waals surface area contributed by atoms with Gasteiger partial charge in [-0.3, -0.25) is 0 Å². The summed E-state index contributed by atoms with van der Waals surface area (Å²) in [6.45, 7) is 4.03. The van der Waals surface area contributed by atoms with Crippen molar-refractivity contribution in [2.45, 2.75) is 13.8 Å². The van der Waals surface area contributed by atoms with Gasteiger partial charge in [-0.15, -0.1) is 0 Å². The van der Waals surface area contributed by atoms with Gasteiger partial charge in [-0.1, -0.05) is 17.7 Å². The van der Waals surface area contributed by atoms with Gasteiger partial charge < -0.3 is 10.5 Å². The van der Waals surface area contributed by atoms with Gasteiger partial charge in [0.15, 0.2) is 0 Å². The Balaban J connectivity index is 2.31. The fraction of sp³-hybridized carbons (Fsp3) is 0.154. The van der Waals surface area contributed by atoms with E-state index < -0.39 is 0 Å². The first-order chi connectivity index (χ1) is 8.02. The lowest BCUT2D eigenvalue weighted by Crippen LogP contribution is -1.92. The number of halogens is 1. The number of rotatable bonds is 2. The van der Waals surface area contributed by atoms with Gasteiger partial charge in [-0.25, -0.2) is 4.98 Å². The summed E-state index contributed by atoms with van der Waals surface area (Å²) in [5.41, 5.74) is 8.47. The van der Waals surface area contributed by atoms with Crippen molar-refractivity contribution in [1.82, 2.24) is 4.98 Å². The molecular weight excluding hydrogens is 236 g/mol. The number of hydrogen-bond acceptors (Lipinski definition) is 3. The molecular formula is C13H13ClN2O. The van der Waals surface area contributed by atoms with E-state index in [-0.39, 0.29) is 0 Å². The predicted octanol–water partition coefficient (Wildman–Crippen LogP) is 3.73. The first-order valence-corrected chi connectivity index (χ1v) is 5.60. The number of benzene rings is 1. The van der Waals surface area contributed by atoms with Gasteiger partial charge in [-0.2, -0.15) is 0 Å². The molecule has 0 aliphatic rings.